The number of methoxy groups -OCH3 is 1. The fraction of sp³-hybridized carbons (Fsp3) is 0.500. The second-order valence-corrected chi connectivity index (χ2v) is 6.06. The second-order valence-electron chi connectivity index (χ2n) is 6.06. The third-order valence-corrected chi connectivity index (χ3v) is 4.23. The number of hydrogen-bond donors (Lipinski definition) is 1. The van der Waals surface area contributed by atoms with Crippen molar-refractivity contribution in [2.24, 2.45) is 0 Å². The number of phenols is 1. The number of hydrogen-bond acceptors (Lipinski definition) is 5. The maximum absolute atomic E-state index is 9.68. The maximum atomic E-state index is 9.68. The lowest BCUT2D eigenvalue weighted by Gasteiger charge is -2.21. The van der Waals surface area contributed by atoms with Crippen molar-refractivity contribution in [3.8, 4) is 5.75 Å². The average molecular weight is 316 g/mol. The van der Waals surface area contributed by atoms with Crippen LogP contribution in [0.15, 0.2) is 24.3 Å². The van der Waals surface area contributed by atoms with Crippen molar-refractivity contribution in [1.29, 1.82) is 0 Å². The van der Waals surface area contributed by atoms with Crippen LogP contribution in [0.5, 0.6) is 5.75 Å². The number of pyridine rings is 1. The zero-order valence-electron chi connectivity index (χ0n) is 13.8. The summed E-state index contributed by atoms with van der Waals surface area (Å²) in [6.07, 6.45) is 2.24. The monoisotopic (exact) mass is 316 g/mol. The number of benzene rings is 1. The van der Waals surface area contributed by atoms with E-state index in [2.05, 4.69) is 16.0 Å². The molecule has 1 N–H and O–H groups in total. The number of phenolic OH excluding ortho intramolecular Hbond substituents is 1. The summed E-state index contributed by atoms with van der Waals surface area (Å²) >= 11 is 0. The van der Waals surface area contributed by atoms with E-state index in [1.54, 1.807) is 19.2 Å². The highest BCUT2D eigenvalue weighted by Gasteiger charge is 2.24. The molecule has 2 aromatic rings. The summed E-state index contributed by atoms with van der Waals surface area (Å²) in [7, 11) is 1.71. The molecule has 0 amide bonds. The molecule has 0 radical (unpaired) electrons. The van der Waals surface area contributed by atoms with E-state index in [0.29, 0.717) is 0 Å². The maximum Gasteiger partial charge on any atom is 0.117 e. The predicted octanol–water partition coefficient (Wildman–Crippen LogP) is 2.88. The highest BCUT2D eigenvalue weighted by molar-refractivity contribution is 5.92. The molecule has 1 aliphatic rings. The van der Waals surface area contributed by atoms with Crippen molar-refractivity contribution >= 4 is 16.6 Å². The summed E-state index contributed by atoms with van der Waals surface area (Å²) in [5.41, 5.74) is 2.97. The van der Waals surface area contributed by atoms with Gasteiger partial charge in [-0.05, 0) is 38.0 Å². The number of ether oxygens (including phenoxy) is 2. The molecular formula is C18H24N2O3. The van der Waals surface area contributed by atoms with Crippen LogP contribution < -0.4 is 4.90 Å². The van der Waals surface area contributed by atoms with E-state index in [1.165, 1.54) is 5.69 Å². The lowest BCUT2D eigenvalue weighted by Crippen LogP contribution is -2.23. The fourth-order valence-corrected chi connectivity index (χ4v) is 3.12. The smallest absolute Gasteiger partial charge is 0.117 e. The van der Waals surface area contributed by atoms with Crippen LogP contribution in [0.25, 0.3) is 10.9 Å². The van der Waals surface area contributed by atoms with Gasteiger partial charge in [-0.15, -0.1) is 0 Å². The number of aromatic hydroxyl groups is 1. The molecule has 1 unspecified atom stereocenters. The van der Waals surface area contributed by atoms with Crippen LogP contribution in [0, 0.1) is 6.92 Å². The number of aromatic nitrogens is 1. The zero-order chi connectivity index (χ0) is 16.2. The predicted molar refractivity (Wildman–Crippen MR) is 91.2 cm³/mol. The molecule has 1 fully saturated rings. The Morgan fingerprint density at radius 2 is 2.17 bits per heavy atom. The Morgan fingerprint density at radius 3 is 3.00 bits per heavy atom. The SMILES string of the molecule is COCCCOC1CCN(c2cc(C)nc3cc(O)ccc23)C1. The van der Waals surface area contributed by atoms with E-state index < -0.39 is 0 Å². The minimum absolute atomic E-state index is 0.252. The molecule has 1 aromatic heterocycles. The van der Waals surface area contributed by atoms with Crippen LogP contribution in [0.2, 0.25) is 0 Å². The summed E-state index contributed by atoms with van der Waals surface area (Å²) in [6, 6.07) is 7.50. The molecule has 2 heterocycles. The molecule has 0 aliphatic carbocycles. The molecular weight excluding hydrogens is 292 g/mol. The molecule has 1 atom stereocenters. The lowest BCUT2D eigenvalue weighted by molar-refractivity contribution is 0.0523. The third kappa shape index (κ3) is 3.74. The minimum atomic E-state index is 0.252. The Kier molecular flexibility index (Phi) is 4.98. The highest BCUT2D eigenvalue weighted by atomic mass is 16.5. The van der Waals surface area contributed by atoms with Crippen molar-refractivity contribution in [2.45, 2.75) is 25.9 Å². The first kappa shape index (κ1) is 16.0. The molecule has 124 valence electrons. The van der Waals surface area contributed by atoms with Crippen LogP contribution in [-0.2, 0) is 9.47 Å². The van der Waals surface area contributed by atoms with Crippen LogP contribution in [-0.4, -0.2) is 49.6 Å². The minimum Gasteiger partial charge on any atom is -0.508 e. The first-order valence-corrected chi connectivity index (χ1v) is 8.13. The number of aryl methyl sites for hydroxylation is 1. The molecule has 1 aliphatic heterocycles. The third-order valence-electron chi connectivity index (χ3n) is 4.23. The van der Waals surface area contributed by atoms with Crippen molar-refractivity contribution in [3.63, 3.8) is 0 Å². The molecule has 23 heavy (non-hydrogen) atoms. The Morgan fingerprint density at radius 1 is 1.30 bits per heavy atom. The first-order chi connectivity index (χ1) is 11.2. The largest absolute Gasteiger partial charge is 0.508 e. The van der Waals surface area contributed by atoms with Gasteiger partial charge in [0.2, 0.25) is 0 Å². The van der Waals surface area contributed by atoms with Crippen LogP contribution >= 0.6 is 0 Å². The molecule has 5 heteroatoms. The topological polar surface area (TPSA) is 54.8 Å². The van der Waals surface area contributed by atoms with Gasteiger partial charge >= 0.3 is 0 Å². The molecule has 0 bridgehead atoms. The normalized spacial score (nSPS) is 18.0. The average Bonchev–Trinajstić information content (AvgIpc) is 2.99. The van der Waals surface area contributed by atoms with Gasteiger partial charge in [-0.1, -0.05) is 0 Å². The second kappa shape index (κ2) is 7.15. The van der Waals surface area contributed by atoms with Gasteiger partial charge in [0.05, 0.1) is 11.6 Å². The summed E-state index contributed by atoms with van der Waals surface area (Å²) in [5, 5.41) is 10.8. The fourth-order valence-electron chi connectivity index (χ4n) is 3.12. The van der Waals surface area contributed by atoms with Gasteiger partial charge in [-0.2, -0.15) is 0 Å². The highest BCUT2D eigenvalue weighted by Crippen LogP contribution is 2.31. The zero-order valence-corrected chi connectivity index (χ0v) is 13.8. The van der Waals surface area contributed by atoms with E-state index in [4.69, 9.17) is 9.47 Å². The summed E-state index contributed by atoms with van der Waals surface area (Å²) in [5.74, 6) is 0.252. The molecule has 3 rings (SSSR count). The van der Waals surface area contributed by atoms with Crippen molar-refractivity contribution in [3.05, 3.63) is 30.0 Å². The van der Waals surface area contributed by atoms with Crippen molar-refractivity contribution in [1.82, 2.24) is 4.98 Å². The summed E-state index contributed by atoms with van der Waals surface area (Å²) in [4.78, 5) is 6.88. The van der Waals surface area contributed by atoms with Gasteiger partial charge in [0.1, 0.15) is 5.75 Å². The number of rotatable bonds is 6. The van der Waals surface area contributed by atoms with E-state index in [1.807, 2.05) is 13.0 Å². The Bertz CT molecular complexity index is 669. The van der Waals surface area contributed by atoms with Crippen LogP contribution in [0.4, 0.5) is 5.69 Å². The van der Waals surface area contributed by atoms with Crippen molar-refractivity contribution < 1.29 is 14.6 Å². The molecule has 0 spiro atoms. The van der Waals surface area contributed by atoms with E-state index in [-0.39, 0.29) is 11.9 Å². The standard InChI is InChI=1S/C18H24N2O3/c1-13-10-18(16-5-4-14(21)11-17(16)19-13)20-7-6-15(12-20)23-9-3-8-22-2/h4-5,10-11,15,21H,3,6-9,12H2,1-2H3. The molecule has 0 saturated carbocycles. The molecule has 5 nitrogen and oxygen atoms in total. The molecule has 1 saturated heterocycles. The summed E-state index contributed by atoms with van der Waals surface area (Å²) in [6.45, 7) is 5.35. The lowest BCUT2D eigenvalue weighted by atomic mass is 10.1. The first-order valence-electron chi connectivity index (χ1n) is 8.13. The quantitative estimate of drug-likeness (QED) is 0.831. The van der Waals surface area contributed by atoms with E-state index in [0.717, 1.165) is 55.7 Å². The summed E-state index contributed by atoms with van der Waals surface area (Å²) < 4.78 is 11.0. The van der Waals surface area contributed by atoms with Gasteiger partial charge in [0.25, 0.3) is 0 Å². The molecule has 1 aromatic carbocycles. The van der Waals surface area contributed by atoms with Gasteiger partial charge < -0.3 is 19.5 Å². The number of fused-ring (bicyclic) bond motifs is 1. The van der Waals surface area contributed by atoms with Gasteiger partial charge in [0.15, 0.2) is 0 Å². The Hall–Kier alpha value is -1.85. The number of anilines is 1. The van der Waals surface area contributed by atoms with E-state index >= 15 is 0 Å². The van der Waals surface area contributed by atoms with Crippen LogP contribution in [0.1, 0.15) is 18.5 Å². The number of nitrogens with zero attached hydrogens (tertiary/aromatic N) is 2. The van der Waals surface area contributed by atoms with Crippen LogP contribution in [0.3, 0.4) is 0 Å². The Labute approximate surface area is 136 Å². The van der Waals surface area contributed by atoms with Gasteiger partial charge in [-0.25, -0.2) is 0 Å². The van der Waals surface area contributed by atoms with E-state index in [9.17, 15) is 5.11 Å². The van der Waals surface area contributed by atoms with Gasteiger partial charge in [0, 0.05) is 56.2 Å². The van der Waals surface area contributed by atoms with Crippen molar-refractivity contribution in [2.75, 3.05) is 38.3 Å². The van der Waals surface area contributed by atoms with Gasteiger partial charge in [-0.3, -0.25) is 4.98 Å². The Balaban J connectivity index is 1.74.